The van der Waals surface area contributed by atoms with Crippen LogP contribution in [0.15, 0.2) is 0 Å². The summed E-state index contributed by atoms with van der Waals surface area (Å²) in [6, 6.07) is 0. The van der Waals surface area contributed by atoms with Crippen LogP contribution in [0.1, 0.15) is 0 Å². The van der Waals surface area contributed by atoms with E-state index in [0.717, 1.165) is 0 Å². The molecule has 9 heavy (non-hydrogen) atoms. The van der Waals surface area contributed by atoms with Crippen LogP contribution in [0.25, 0.3) is 0 Å². The van der Waals surface area contributed by atoms with Gasteiger partial charge >= 0.3 is 32.1 Å². The van der Waals surface area contributed by atoms with E-state index in [4.69, 9.17) is 0 Å². The van der Waals surface area contributed by atoms with Gasteiger partial charge in [0, 0.05) is 0 Å². The van der Waals surface area contributed by atoms with Crippen molar-refractivity contribution in [1.29, 1.82) is 0 Å². The van der Waals surface area contributed by atoms with Gasteiger partial charge in [0.05, 0.1) is 0 Å². The predicted octanol–water partition coefficient (Wildman–Crippen LogP) is 1.48. The Balaban J connectivity index is 0. The van der Waals surface area contributed by atoms with Crippen LogP contribution in [-0.4, -0.2) is 46.7 Å². The summed E-state index contributed by atoms with van der Waals surface area (Å²) < 4.78 is 39.6. The Bertz CT molecular complexity index is 52.6. The van der Waals surface area contributed by atoms with E-state index in [9.17, 15) is 11.5 Å². The summed E-state index contributed by atoms with van der Waals surface area (Å²) in [5, 5.41) is 0. The van der Waals surface area contributed by atoms with Gasteiger partial charge in [-0.2, -0.15) is 0 Å². The van der Waals surface area contributed by atoms with Gasteiger partial charge in [0.2, 0.25) is 0 Å². The minimum atomic E-state index is -7.18. The van der Waals surface area contributed by atoms with Crippen molar-refractivity contribution in [2.75, 3.05) is 21.1 Å². The van der Waals surface area contributed by atoms with Crippen LogP contribution in [0, 0.1) is 0 Å². The van der Waals surface area contributed by atoms with Crippen molar-refractivity contribution in [2.24, 2.45) is 0 Å². The molecule has 0 radical (unpaired) electrons. The zero-order valence-electron chi connectivity index (χ0n) is 5.46. The molecule has 0 saturated heterocycles. The molecule has 0 unspecified atom stereocenters. The van der Waals surface area contributed by atoms with Crippen molar-refractivity contribution in [2.45, 2.75) is 0 Å². The molecule has 1 nitrogen and oxygen atoms in total. The molecule has 0 heterocycles. The van der Waals surface area contributed by atoms with Gasteiger partial charge in [-0.05, 0) is 21.1 Å². The molecular formula is C3H9F4NSn. The second-order valence-corrected chi connectivity index (χ2v) is 4.22. The van der Waals surface area contributed by atoms with E-state index in [-0.39, 0.29) is 0 Å². The van der Waals surface area contributed by atoms with E-state index >= 15 is 0 Å². The molecule has 0 amide bonds. The zero-order chi connectivity index (χ0) is 8.08. The molecule has 0 saturated carbocycles. The van der Waals surface area contributed by atoms with Gasteiger partial charge in [-0.1, -0.05) is 0 Å². The maximum absolute atomic E-state index is 9.90. The van der Waals surface area contributed by atoms with Gasteiger partial charge in [0.1, 0.15) is 0 Å². The Kier molecular flexibility index (Phi) is 7.14. The topological polar surface area (TPSA) is 3.24 Å². The third-order valence-electron chi connectivity index (χ3n) is 0. The Labute approximate surface area is 58.6 Å². The van der Waals surface area contributed by atoms with E-state index in [1.54, 1.807) is 0 Å². The second kappa shape index (κ2) is 5.28. The molecule has 0 aromatic rings. The molecular weight excluding hydrogens is 245 g/mol. The van der Waals surface area contributed by atoms with Crippen LogP contribution in [0.4, 0.5) is 11.5 Å². The standard InChI is InChI=1S/C3H9N.4FH.Sn/c1-4(2)3;;;;;/h1-3H3;4*1H;/q;;;;;+4/p-4. The van der Waals surface area contributed by atoms with Gasteiger partial charge in [0.25, 0.3) is 0 Å². The summed E-state index contributed by atoms with van der Waals surface area (Å²) in [6.45, 7) is 0. The van der Waals surface area contributed by atoms with Crippen LogP contribution in [0.5, 0.6) is 0 Å². The predicted molar refractivity (Wildman–Crippen MR) is 29.8 cm³/mol. The molecule has 0 atom stereocenters. The van der Waals surface area contributed by atoms with Crippen molar-refractivity contribution in [1.82, 2.24) is 4.90 Å². The molecule has 0 spiro atoms. The second-order valence-electron chi connectivity index (χ2n) is 1.77. The average molecular weight is 254 g/mol. The van der Waals surface area contributed by atoms with Crippen LogP contribution < -0.4 is 0 Å². The van der Waals surface area contributed by atoms with E-state index in [1.807, 2.05) is 26.0 Å². The summed E-state index contributed by atoms with van der Waals surface area (Å²) in [4.78, 5) is 2.00. The molecule has 0 N–H and O–H groups in total. The van der Waals surface area contributed by atoms with Crippen molar-refractivity contribution >= 4 is 20.7 Å². The SMILES string of the molecule is CN(C)C.[F][Sn]([F])([F])[F]. The van der Waals surface area contributed by atoms with Crippen molar-refractivity contribution in [3.63, 3.8) is 0 Å². The van der Waals surface area contributed by atoms with E-state index in [2.05, 4.69) is 0 Å². The Morgan fingerprint density at radius 3 is 0.889 bits per heavy atom. The molecule has 0 aliphatic carbocycles. The monoisotopic (exact) mass is 255 g/mol. The number of rotatable bonds is 0. The fourth-order valence-corrected chi connectivity index (χ4v) is 0. The quantitative estimate of drug-likeness (QED) is 0.467. The fourth-order valence-electron chi connectivity index (χ4n) is 0. The maximum atomic E-state index is 9.90. The van der Waals surface area contributed by atoms with Gasteiger partial charge in [-0.15, -0.1) is 0 Å². The fraction of sp³-hybridized carbons (Fsp3) is 1.00. The van der Waals surface area contributed by atoms with Gasteiger partial charge in [-0.25, -0.2) is 0 Å². The van der Waals surface area contributed by atoms with E-state index in [1.165, 1.54) is 0 Å². The Morgan fingerprint density at radius 1 is 0.889 bits per heavy atom. The van der Waals surface area contributed by atoms with Gasteiger partial charge in [-0.3, -0.25) is 0 Å². The summed E-state index contributed by atoms with van der Waals surface area (Å²) in [7, 11) is 6.00. The zero-order valence-corrected chi connectivity index (χ0v) is 8.31. The molecule has 0 fully saturated rings. The number of halogens is 4. The van der Waals surface area contributed by atoms with Crippen molar-refractivity contribution in [3.05, 3.63) is 0 Å². The average Bonchev–Trinajstić information content (AvgIpc) is 1.19. The molecule has 0 aliphatic rings. The van der Waals surface area contributed by atoms with E-state index < -0.39 is 20.7 Å². The first kappa shape index (κ1) is 12.2. The molecule has 0 aromatic carbocycles. The first-order chi connectivity index (χ1) is 3.73. The Hall–Kier alpha value is 0.479. The van der Waals surface area contributed by atoms with Crippen molar-refractivity contribution < 1.29 is 11.5 Å². The summed E-state index contributed by atoms with van der Waals surface area (Å²) in [5.74, 6) is 0. The molecule has 0 bridgehead atoms. The van der Waals surface area contributed by atoms with Crippen LogP contribution in [0.3, 0.4) is 0 Å². The number of hydrogen-bond acceptors (Lipinski definition) is 1. The number of hydrogen-bond donors (Lipinski definition) is 0. The number of nitrogens with zero attached hydrogens (tertiary/aromatic N) is 1. The van der Waals surface area contributed by atoms with Crippen LogP contribution >= 0.6 is 0 Å². The third kappa shape index (κ3) is 1550. The third-order valence-corrected chi connectivity index (χ3v) is 0. The van der Waals surface area contributed by atoms with Gasteiger partial charge in [0.15, 0.2) is 0 Å². The Morgan fingerprint density at radius 2 is 0.889 bits per heavy atom. The van der Waals surface area contributed by atoms with Crippen LogP contribution in [-0.2, 0) is 0 Å². The van der Waals surface area contributed by atoms with Gasteiger partial charge < -0.3 is 4.90 Å². The van der Waals surface area contributed by atoms with Crippen molar-refractivity contribution in [3.8, 4) is 0 Å². The summed E-state index contributed by atoms with van der Waals surface area (Å²) in [6.07, 6.45) is 0. The first-order valence-corrected chi connectivity index (χ1v) is 6.41. The molecule has 6 heteroatoms. The summed E-state index contributed by atoms with van der Waals surface area (Å²) in [5.41, 5.74) is 0. The first-order valence-electron chi connectivity index (χ1n) is 2.10. The molecule has 0 aliphatic heterocycles. The minimum absolute atomic E-state index is 2.00. The summed E-state index contributed by atoms with van der Waals surface area (Å²) >= 11 is -7.18. The normalized spacial score (nSPS) is 10.7. The molecule has 0 rings (SSSR count). The molecule has 0 aromatic heterocycles. The molecule has 58 valence electrons. The van der Waals surface area contributed by atoms with Crippen LogP contribution in [0.2, 0.25) is 0 Å². The van der Waals surface area contributed by atoms with E-state index in [0.29, 0.717) is 0 Å².